The Hall–Kier alpha value is -3.16. The van der Waals surface area contributed by atoms with Crippen LogP contribution < -0.4 is 5.73 Å². The molecule has 27 heavy (non-hydrogen) atoms. The second-order valence-corrected chi connectivity index (χ2v) is 6.42. The third kappa shape index (κ3) is 3.99. The zero-order valence-corrected chi connectivity index (χ0v) is 14.6. The van der Waals surface area contributed by atoms with E-state index >= 15 is 0 Å². The van der Waals surface area contributed by atoms with Crippen molar-refractivity contribution in [3.05, 3.63) is 53.6 Å². The summed E-state index contributed by atoms with van der Waals surface area (Å²) in [5, 5.41) is 0.668. The lowest BCUT2D eigenvalue weighted by Gasteiger charge is -2.13. The van der Waals surface area contributed by atoms with Crippen molar-refractivity contribution in [2.24, 2.45) is 5.73 Å². The Morgan fingerprint density at radius 1 is 1.22 bits per heavy atom. The minimum absolute atomic E-state index is 0.163. The van der Waals surface area contributed by atoms with E-state index in [4.69, 9.17) is 5.73 Å². The van der Waals surface area contributed by atoms with Crippen molar-refractivity contribution >= 4 is 23.0 Å². The van der Waals surface area contributed by atoms with Crippen molar-refractivity contribution in [1.29, 1.82) is 0 Å². The maximum atomic E-state index is 13.2. The van der Waals surface area contributed by atoms with Crippen LogP contribution in [-0.4, -0.2) is 20.9 Å². The van der Waals surface area contributed by atoms with Gasteiger partial charge in [-0.2, -0.15) is 13.2 Å². The molecule has 3 rings (SSSR count). The molecule has 5 nitrogen and oxygen atoms in total. The Morgan fingerprint density at radius 3 is 2.59 bits per heavy atom. The lowest BCUT2D eigenvalue weighted by molar-refractivity contribution is -0.141. The molecule has 0 unspecified atom stereocenters. The number of aromatic nitrogens is 3. The van der Waals surface area contributed by atoms with Crippen LogP contribution in [0.25, 0.3) is 28.2 Å². The predicted octanol–water partition coefficient (Wildman–Crippen LogP) is 4.27. The lowest BCUT2D eigenvalue weighted by atomic mass is 10.0. The summed E-state index contributed by atoms with van der Waals surface area (Å²) >= 11 is 0. The number of hydrogen-bond donors (Lipinski definition) is 2. The van der Waals surface area contributed by atoms with Crippen LogP contribution in [-0.2, 0) is 11.0 Å². The molecule has 3 aromatic rings. The van der Waals surface area contributed by atoms with Crippen LogP contribution in [0.4, 0.5) is 13.2 Å². The van der Waals surface area contributed by atoms with Crippen molar-refractivity contribution in [3.63, 3.8) is 0 Å². The first-order valence-corrected chi connectivity index (χ1v) is 8.19. The SMILES string of the molecule is CC(C)c1cc(-c2cnc3[nH]cc(/C=C/C(N)=O)c3c2)cc(C(F)(F)F)n1. The summed E-state index contributed by atoms with van der Waals surface area (Å²) in [4.78, 5) is 21.9. The first kappa shape index (κ1) is 18.6. The Kier molecular flexibility index (Phi) is 4.73. The molecule has 0 saturated heterocycles. The van der Waals surface area contributed by atoms with E-state index in [-0.39, 0.29) is 5.92 Å². The molecular formula is C19H17F3N4O. The van der Waals surface area contributed by atoms with E-state index in [1.807, 2.05) is 0 Å². The number of pyridine rings is 2. The summed E-state index contributed by atoms with van der Waals surface area (Å²) in [6.45, 7) is 3.57. The smallest absolute Gasteiger partial charge is 0.366 e. The average molecular weight is 374 g/mol. The average Bonchev–Trinajstić information content (AvgIpc) is 3.01. The van der Waals surface area contributed by atoms with E-state index in [9.17, 15) is 18.0 Å². The number of hydrogen-bond acceptors (Lipinski definition) is 3. The maximum Gasteiger partial charge on any atom is 0.433 e. The Labute approximate surface area is 153 Å². The van der Waals surface area contributed by atoms with Gasteiger partial charge in [0.25, 0.3) is 0 Å². The molecule has 0 saturated carbocycles. The molecule has 3 N–H and O–H groups in total. The Bertz CT molecular complexity index is 1040. The van der Waals surface area contributed by atoms with Gasteiger partial charge in [-0.1, -0.05) is 13.8 Å². The van der Waals surface area contributed by atoms with Gasteiger partial charge >= 0.3 is 6.18 Å². The molecule has 0 aliphatic heterocycles. The monoisotopic (exact) mass is 374 g/mol. The van der Waals surface area contributed by atoms with Gasteiger partial charge in [0.05, 0.1) is 0 Å². The number of fused-ring (bicyclic) bond motifs is 1. The van der Waals surface area contributed by atoms with Gasteiger partial charge in [-0.25, -0.2) is 9.97 Å². The van der Waals surface area contributed by atoms with Gasteiger partial charge in [0.1, 0.15) is 11.3 Å². The quantitative estimate of drug-likeness (QED) is 0.669. The fraction of sp³-hybridized carbons (Fsp3) is 0.211. The Morgan fingerprint density at radius 2 is 1.96 bits per heavy atom. The molecule has 140 valence electrons. The van der Waals surface area contributed by atoms with Gasteiger partial charge < -0.3 is 10.7 Å². The molecule has 3 aromatic heterocycles. The van der Waals surface area contributed by atoms with Crippen LogP contribution in [0.1, 0.15) is 36.7 Å². The molecular weight excluding hydrogens is 357 g/mol. The van der Waals surface area contributed by atoms with E-state index in [1.165, 1.54) is 18.3 Å². The number of carbonyl (C=O) groups is 1. The fourth-order valence-corrected chi connectivity index (χ4v) is 2.65. The molecule has 1 amide bonds. The van der Waals surface area contributed by atoms with E-state index < -0.39 is 17.8 Å². The molecule has 3 heterocycles. The minimum Gasteiger partial charge on any atom is -0.366 e. The molecule has 0 radical (unpaired) electrons. The summed E-state index contributed by atoms with van der Waals surface area (Å²) in [5.41, 5.74) is 6.63. The zero-order valence-electron chi connectivity index (χ0n) is 14.6. The standard InChI is InChI=1S/C19H17F3N4O/c1-10(2)15-6-12(7-16(26-15)19(20,21)22)13-5-14-11(3-4-17(23)27)8-24-18(14)25-9-13/h3-10H,1-2H3,(H2,23,27)(H,24,25)/b4-3+. The van der Waals surface area contributed by atoms with Crippen molar-refractivity contribution in [3.8, 4) is 11.1 Å². The summed E-state index contributed by atoms with van der Waals surface area (Å²) in [6, 6.07) is 4.37. The highest BCUT2D eigenvalue weighted by atomic mass is 19.4. The minimum atomic E-state index is -4.54. The van der Waals surface area contributed by atoms with Gasteiger partial charge in [0.15, 0.2) is 0 Å². The van der Waals surface area contributed by atoms with Crippen LogP contribution in [0.5, 0.6) is 0 Å². The highest BCUT2D eigenvalue weighted by molar-refractivity contribution is 5.95. The summed E-state index contributed by atoms with van der Waals surface area (Å²) in [7, 11) is 0. The topological polar surface area (TPSA) is 84.7 Å². The first-order chi connectivity index (χ1) is 12.6. The largest absolute Gasteiger partial charge is 0.433 e. The second kappa shape index (κ2) is 6.86. The maximum absolute atomic E-state index is 13.2. The number of nitrogens with zero attached hydrogens (tertiary/aromatic N) is 2. The summed E-state index contributed by atoms with van der Waals surface area (Å²) in [5.74, 6) is -0.761. The van der Waals surface area contributed by atoms with Gasteiger partial charge in [0.2, 0.25) is 5.91 Å². The van der Waals surface area contributed by atoms with Crippen molar-refractivity contribution in [2.45, 2.75) is 25.9 Å². The third-order valence-corrected chi connectivity index (χ3v) is 4.05. The van der Waals surface area contributed by atoms with Crippen molar-refractivity contribution < 1.29 is 18.0 Å². The molecule has 0 spiro atoms. The summed E-state index contributed by atoms with van der Waals surface area (Å²) in [6.07, 6.45) is 1.34. The number of aromatic amines is 1. The molecule has 8 heteroatoms. The third-order valence-electron chi connectivity index (χ3n) is 4.05. The number of primary amides is 1. The van der Waals surface area contributed by atoms with Crippen molar-refractivity contribution in [1.82, 2.24) is 15.0 Å². The van der Waals surface area contributed by atoms with Gasteiger partial charge in [-0.05, 0) is 35.8 Å². The number of nitrogens with two attached hydrogens (primary N) is 1. The molecule has 0 aliphatic carbocycles. The number of amides is 1. The van der Waals surface area contributed by atoms with E-state index in [0.717, 1.165) is 6.07 Å². The highest BCUT2D eigenvalue weighted by Gasteiger charge is 2.33. The fourth-order valence-electron chi connectivity index (χ4n) is 2.65. The van der Waals surface area contributed by atoms with Crippen LogP contribution in [0, 0.1) is 0 Å². The summed E-state index contributed by atoms with van der Waals surface area (Å²) < 4.78 is 39.7. The second-order valence-electron chi connectivity index (χ2n) is 6.42. The van der Waals surface area contributed by atoms with Crippen molar-refractivity contribution in [2.75, 3.05) is 0 Å². The predicted molar refractivity (Wildman–Crippen MR) is 96.6 cm³/mol. The number of rotatable bonds is 4. The molecule has 0 aromatic carbocycles. The van der Waals surface area contributed by atoms with E-state index in [2.05, 4.69) is 15.0 Å². The molecule has 0 bridgehead atoms. The molecule has 0 atom stereocenters. The van der Waals surface area contributed by atoms with Crippen LogP contribution >= 0.6 is 0 Å². The van der Waals surface area contributed by atoms with Crippen LogP contribution in [0.2, 0.25) is 0 Å². The first-order valence-electron chi connectivity index (χ1n) is 8.19. The van der Waals surface area contributed by atoms with Crippen LogP contribution in [0.15, 0.2) is 36.7 Å². The number of H-pyrrole nitrogens is 1. The lowest BCUT2D eigenvalue weighted by Crippen LogP contribution is -2.10. The Balaban J connectivity index is 2.15. The number of carbonyl (C=O) groups excluding carboxylic acids is 1. The molecule has 0 fully saturated rings. The van der Waals surface area contributed by atoms with Crippen LogP contribution in [0.3, 0.4) is 0 Å². The van der Waals surface area contributed by atoms with Gasteiger partial charge in [-0.3, -0.25) is 4.79 Å². The highest BCUT2D eigenvalue weighted by Crippen LogP contribution is 2.33. The van der Waals surface area contributed by atoms with Gasteiger partial charge in [0, 0.05) is 40.7 Å². The normalized spacial score (nSPS) is 12.4. The van der Waals surface area contributed by atoms with E-state index in [1.54, 1.807) is 32.2 Å². The molecule has 0 aliphatic rings. The number of halogens is 3. The number of alkyl halides is 3. The number of nitrogens with one attached hydrogen (secondary N) is 1. The van der Waals surface area contributed by atoms with Gasteiger partial charge in [-0.15, -0.1) is 0 Å². The van der Waals surface area contributed by atoms with E-state index in [0.29, 0.717) is 33.4 Å². The zero-order chi connectivity index (χ0) is 19.8.